The second-order valence-corrected chi connectivity index (χ2v) is 6.24. The van der Waals surface area contributed by atoms with E-state index in [9.17, 15) is 8.42 Å². The van der Waals surface area contributed by atoms with E-state index in [1.165, 1.54) is 24.3 Å². The molecule has 0 aliphatic heterocycles. The number of nitriles is 1. The molecule has 0 heterocycles. The van der Waals surface area contributed by atoms with E-state index < -0.39 is 10.0 Å². The average Bonchev–Trinajstić information content (AvgIpc) is 2.27. The van der Waals surface area contributed by atoms with Gasteiger partial charge in [0, 0.05) is 6.04 Å². The molecule has 0 amide bonds. The third-order valence-corrected chi connectivity index (χ3v) is 4.53. The molecule has 1 fully saturated rings. The highest BCUT2D eigenvalue weighted by molar-refractivity contribution is 7.89. The Morgan fingerprint density at radius 2 is 1.88 bits per heavy atom. The van der Waals surface area contributed by atoms with Crippen molar-refractivity contribution in [2.24, 2.45) is 5.92 Å². The number of benzene rings is 1. The molecule has 2 rings (SSSR count). The van der Waals surface area contributed by atoms with Crippen LogP contribution < -0.4 is 4.72 Å². The summed E-state index contributed by atoms with van der Waals surface area (Å²) >= 11 is 0. The lowest BCUT2D eigenvalue weighted by Gasteiger charge is -2.32. The van der Waals surface area contributed by atoms with Gasteiger partial charge in [0.1, 0.15) is 0 Å². The van der Waals surface area contributed by atoms with E-state index >= 15 is 0 Å². The third-order valence-electron chi connectivity index (χ3n) is 2.99. The van der Waals surface area contributed by atoms with Crippen molar-refractivity contribution in [3.05, 3.63) is 29.8 Å². The van der Waals surface area contributed by atoms with Crippen LogP contribution in [0.5, 0.6) is 0 Å². The van der Waals surface area contributed by atoms with Gasteiger partial charge in [-0.05, 0) is 43.0 Å². The summed E-state index contributed by atoms with van der Waals surface area (Å²) in [5.74, 6) is 0.601. The molecule has 0 bridgehead atoms. The van der Waals surface area contributed by atoms with Crippen LogP contribution in [0, 0.1) is 17.2 Å². The van der Waals surface area contributed by atoms with Gasteiger partial charge in [-0.2, -0.15) is 5.26 Å². The maximum Gasteiger partial charge on any atom is 0.240 e. The molecule has 0 aromatic heterocycles. The normalized spacial score (nSPS) is 23.8. The summed E-state index contributed by atoms with van der Waals surface area (Å²) in [6, 6.07) is 7.97. The zero-order valence-electron chi connectivity index (χ0n) is 9.55. The van der Waals surface area contributed by atoms with Gasteiger partial charge in [0.2, 0.25) is 10.0 Å². The van der Waals surface area contributed by atoms with Gasteiger partial charge in [0.05, 0.1) is 16.5 Å². The van der Waals surface area contributed by atoms with Crippen LogP contribution in [-0.2, 0) is 10.0 Å². The molecule has 90 valence electrons. The molecule has 5 heteroatoms. The molecular weight excluding hydrogens is 236 g/mol. The van der Waals surface area contributed by atoms with Gasteiger partial charge >= 0.3 is 0 Å². The Bertz CT molecular complexity index is 537. The molecule has 1 saturated carbocycles. The number of hydrogen-bond donors (Lipinski definition) is 1. The molecule has 1 aliphatic rings. The summed E-state index contributed by atoms with van der Waals surface area (Å²) in [6.07, 6.45) is 1.80. The lowest BCUT2D eigenvalue weighted by molar-refractivity contribution is 0.270. The molecule has 1 N–H and O–H groups in total. The van der Waals surface area contributed by atoms with Gasteiger partial charge in [-0.15, -0.1) is 0 Å². The zero-order chi connectivity index (χ0) is 12.5. The van der Waals surface area contributed by atoms with Crippen LogP contribution in [0.25, 0.3) is 0 Å². The monoisotopic (exact) mass is 250 g/mol. The average molecular weight is 250 g/mol. The van der Waals surface area contributed by atoms with Gasteiger partial charge in [0.25, 0.3) is 0 Å². The van der Waals surface area contributed by atoms with Gasteiger partial charge in [-0.3, -0.25) is 0 Å². The first-order valence-electron chi connectivity index (χ1n) is 5.54. The van der Waals surface area contributed by atoms with Crippen molar-refractivity contribution in [3.8, 4) is 6.07 Å². The largest absolute Gasteiger partial charge is 0.240 e. The van der Waals surface area contributed by atoms with E-state index in [4.69, 9.17) is 5.26 Å². The first kappa shape index (κ1) is 12.1. The SMILES string of the molecule is CC1CC(NS(=O)(=O)c2ccc(C#N)cc2)C1. The number of hydrogen-bond acceptors (Lipinski definition) is 3. The molecule has 17 heavy (non-hydrogen) atoms. The first-order chi connectivity index (χ1) is 8.01. The van der Waals surface area contributed by atoms with Crippen molar-refractivity contribution in [2.45, 2.75) is 30.7 Å². The van der Waals surface area contributed by atoms with E-state index in [0.717, 1.165) is 12.8 Å². The predicted octanol–water partition coefficient (Wildman–Crippen LogP) is 1.64. The van der Waals surface area contributed by atoms with E-state index in [1.54, 1.807) is 0 Å². The third kappa shape index (κ3) is 2.65. The molecule has 0 radical (unpaired) electrons. The highest BCUT2D eigenvalue weighted by atomic mass is 32.2. The van der Waals surface area contributed by atoms with Crippen molar-refractivity contribution < 1.29 is 8.42 Å². The van der Waals surface area contributed by atoms with Crippen LogP contribution in [0.4, 0.5) is 0 Å². The van der Waals surface area contributed by atoms with Crippen LogP contribution in [0.15, 0.2) is 29.2 Å². The molecule has 0 atom stereocenters. The molecule has 0 unspecified atom stereocenters. The van der Waals surface area contributed by atoms with E-state index in [2.05, 4.69) is 11.6 Å². The zero-order valence-corrected chi connectivity index (χ0v) is 10.4. The number of rotatable bonds is 3. The molecular formula is C12H14N2O2S. The van der Waals surface area contributed by atoms with E-state index in [-0.39, 0.29) is 10.9 Å². The summed E-state index contributed by atoms with van der Waals surface area (Å²) < 4.78 is 26.6. The van der Waals surface area contributed by atoms with Gasteiger partial charge in [0.15, 0.2) is 0 Å². The van der Waals surface area contributed by atoms with E-state index in [0.29, 0.717) is 11.5 Å². The fourth-order valence-corrected chi connectivity index (χ4v) is 3.26. The highest BCUT2D eigenvalue weighted by Crippen LogP contribution is 2.27. The Kier molecular flexibility index (Phi) is 3.18. The van der Waals surface area contributed by atoms with Crippen LogP contribution in [-0.4, -0.2) is 14.5 Å². The lowest BCUT2D eigenvalue weighted by Crippen LogP contribution is -2.43. The quantitative estimate of drug-likeness (QED) is 0.886. The Labute approximate surface area is 101 Å². The minimum absolute atomic E-state index is 0.0608. The number of nitrogens with one attached hydrogen (secondary N) is 1. The minimum atomic E-state index is -3.43. The van der Waals surface area contributed by atoms with Crippen molar-refractivity contribution in [1.82, 2.24) is 4.72 Å². The van der Waals surface area contributed by atoms with Gasteiger partial charge < -0.3 is 0 Å². The van der Waals surface area contributed by atoms with Crippen molar-refractivity contribution in [2.75, 3.05) is 0 Å². The molecule has 1 aliphatic carbocycles. The highest BCUT2D eigenvalue weighted by Gasteiger charge is 2.29. The van der Waals surface area contributed by atoms with Gasteiger partial charge in [-0.1, -0.05) is 6.92 Å². The second kappa shape index (κ2) is 4.47. The fraction of sp³-hybridized carbons (Fsp3) is 0.417. The Morgan fingerprint density at radius 3 is 2.35 bits per heavy atom. The Hall–Kier alpha value is -1.38. The summed E-state index contributed by atoms with van der Waals surface area (Å²) in [5.41, 5.74) is 0.459. The van der Waals surface area contributed by atoms with Crippen molar-refractivity contribution >= 4 is 10.0 Å². The maximum absolute atomic E-state index is 11.9. The first-order valence-corrected chi connectivity index (χ1v) is 7.02. The van der Waals surface area contributed by atoms with E-state index in [1.807, 2.05) is 6.07 Å². The van der Waals surface area contributed by atoms with Crippen LogP contribution in [0.3, 0.4) is 0 Å². The van der Waals surface area contributed by atoms with Crippen molar-refractivity contribution in [1.29, 1.82) is 5.26 Å². The van der Waals surface area contributed by atoms with Crippen LogP contribution >= 0.6 is 0 Å². The maximum atomic E-state index is 11.9. The second-order valence-electron chi connectivity index (χ2n) is 4.53. The predicted molar refractivity (Wildman–Crippen MR) is 63.7 cm³/mol. The Balaban J connectivity index is 2.12. The number of nitrogens with zero attached hydrogens (tertiary/aromatic N) is 1. The summed E-state index contributed by atoms with van der Waals surface area (Å²) in [7, 11) is -3.43. The minimum Gasteiger partial charge on any atom is -0.208 e. The number of sulfonamides is 1. The van der Waals surface area contributed by atoms with Crippen molar-refractivity contribution in [3.63, 3.8) is 0 Å². The summed E-state index contributed by atoms with van der Waals surface area (Å²) in [4.78, 5) is 0.219. The fourth-order valence-electron chi connectivity index (χ4n) is 1.99. The van der Waals surface area contributed by atoms with Crippen LogP contribution in [0.2, 0.25) is 0 Å². The molecule has 0 saturated heterocycles. The molecule has 4 nitrogen and oxygen atoms in total. The smallest absolute Gasteiger partial charge is 0.208 e. The molecule has 1 aromatic rings. The van der Waals surface area contributed by atoms with Crippen LogP contribution in [0.1, 0.15) is 25.3 Å². The Morgan fingerprint density at radius 1 is 1.29 bits per heavy atom. The standard InChI is InChI=1S/C12H14N2O2S/c1-9-6-11(7-9)14-17(15,16)12-4-2-10(8-13)3-5-12/h2-5,9,11,14H,6-7H2,1H3. The summed E-state index contributed by atoms with van der Waals surface area (Å²) in [5, 5.41) is 8.64. The molecule has 0 spiro atoms. The lowest BCUT2D eigenvalue weighted by atomic mass is 9.83. The molecule has 1 aromatic carbocycles. The topological polar surface area (TPSA) is 70.0 Å². The van der Waals surface area contributed by atoms with Gasteiger partial charge in [-0.25, -0.2) is 13.1 Å². The summed E-state index contributed by atoms with van der Waals surface area (Å²) in [6.45, 7) is 2.10.